The molecule has 1 aromatic carbocycles. The van der Waals surface area contributed by atoms with E-state index >= 15 is 0 Å². The number of halogens is 1. The Kier molecular flexibility index (Phi) is 5.09. The zero-order chi connectivity index (χ0) is 18.1. The summed E-state index contributed by atoms with van der Waals surface area (Å²) in [7, 11) is 0. The molecule has 1 saturated heterocycles. The molecule has 26 heavy (non-hydrogen) atoms. The van der Waals surface area contributed by atoms with Gasteiger partial charge in [-0.3, -0.25) is 4.79 Å². The zero-order valence-electron chi connectivity index (χ0n) is 15.0. The normalized spacial score (nSPS) is 18.8. The van der Waals surface area contributed by atoms with Crippen LogP contribution < -0.4 is 5.32 Å². The van der Waals surface area contributed by atoms with Gasteiger partial charge >= 0.3 is 0 Å². The van der Waals surface area contributed by atoms with E-state index in [1.807, 2.05) is 28.9 Å². The van der Waals surface area contributed by atoms with Crippen LogP contribution >= 0.6 is 15.9 Å². The smallest absolute Gasteiger partial charge is 0.274 e. The number of benzene rings is 1. The van der Waals surface area contributed by atoms with Gasteiger partial charge in [0.05, 0.1) is 11.4 Å². The largest absolute Gasteiger partial charge is 0.348 e. The van der Waals surface area contributed by atoms with Crippen molar-refractivity contribution in [3.05, 3.63) is 40.1 Å². The Balaban J connectivity index is 1.53. The molecule has 0 unspecified atom stereocenters. The highest BCUT2D eigenvalue weighted by molar-refractivity contribution is 9.10. The van der Waals surface area contributed by atoms with Crippen LogP contribution in [0.15, 0.2) is 28.7 Å². The van der Waals surface area contributed by atoms with Gasteiger partial charge in [0, 0.05) is 29.5 Å². The lowest BCUT2D eigenvalue weighted by Gasteiger charge is -2.31. The fraction of sp³-hybridized carbons (Fsp3) is 0.526. The second kappa shape index (κ2) is 7.48. The van der Waals surface area contributed by atoms with E-state index in [4.69, 9.17) is 0 Å². The number of hydrogen-bond donors (Lipinski definition) is 1. The van der Waals surface area contributed by atoms with Gasteiger partial charge in [-0.1, -0.05) is 28.1 Å². The molecule has 1 amide bonds. The number of carbonyl (C=O) groups excluding carboxylic acids is 1. The summed E-state index contributed by atoms with van der Waals surface area (Å²) in [5, 5.41) is 11.7. The average molecular weight is 418 g/mol. The van der Waals surface area contributed by atoms with Crippen LogP contribution in [-0.4, -0.2) is 51.5 Å². The third kappa shape index (κ3) is 3.69. The fourth-order valence-corrected chi connectivity index (χ4v) is 3.86. The Morgan fingerprint density at radius 1 is 1.19 bits per heavy atom. The van der Waals surface area contributed by atoms with Gasteiger partial charge in [-0.15, -0.1) is 5.10 Å². The van der Waals surface area contributed by atoms with Crippen LogP contribution in [0, 0.1) is 0 Å². The SMILES string of the molecule is CCN1CCC(NC(=O)c2nnn(-c3ccc(Br)cc3)c2C2CC2)CC1. The first kappa shape index (κ1) is 17.7. The van der Waals surface area contributed by atoms with Crippen molar-refractivity contribution in [2.45, 2.75) is 44.6 Å². The molecule has 0 bridgehead atoms. The van der Waals surface area contributed by atoms with Crippen LogP contribution in [0.2, 0.25) is 0 Å². The lowest BCUT2D eigenvalue weighted by atomic mass is 10.0. The molecule has 0 radical (unpaired) electrons. The lowest BCUT2D eigenvalue weighted by Crippen LogP contribution is -2.44. The molecule has 0 spiro atoms. The predicted octanol–water partition coefficient (Wildman–Crippen LogP) is 3.12. The van der Waals surface area contributed by atoms with E-state index in [-0.39, 0.29) is 11.9 Å². The van der Waals surface area contributed by atoms with Gasteiger partial charge in [0.25, 0.3) is 5.91 Å². The van der Waals surface area contributed by atoms with Crippen LogP contribution in [0.1, 0.15) is 54.7 Å². The summed E-state index contributed by atoms with van der Waals surface area (Å²) in [6.45, 7) is 5.35. The highest BCUT2D eigenvalue weighted by Crippen LogP contribution is 2.42. The summed E-state index contributed by atoms with van der Waals surface area (Å²) >= 11 is 3.46. The summed E-state index contributed by atoms with van der Waals surface area (Å²) in [5.74, 6) is 0.307. The van der Waals surface area contributed by atoms with E-state index < -0.39 is 0 Å². The third-order valence-electron chi connectivity index (χ3n) is 5.33. The molecule has 7 heteroatoms. The number of piperidine rings is 1. The molecular weight excluding hydrogens is 394 g/mol. The molecule has 1 aromatic heterocycles. The molecule has 1 aliphatic heterocycles. The van der Waals surface area contributed by atoms with E-state index in [0.717, 1.165) is 61.2 Å². The average Bonchev–Trinajstić information content (AvgIpc) is 3.41. The van der Waals surface area contributed by atoms with E-state index in [0.29, 0.717) is 11.6 Å². The van der Waals surface area contributed by atoms with Crippen LogP contribution in [0.4, 0.5) is 0 Å². The van der Waals surface area contributed by atoms with Crippen molar-refractivity contribution in [1.29, 1.82) is 0 Å². The van der Waals surface area contributed by atoms with Gasteiger partial charge in [-0.2, -0.15) is 0 Å². The summed E-state index contributed by atoms with van der Waals surface area (Å²) in [4.78, 5) is 15.3. The first-order valence-corrected chi connectivity index (χ1v) is 10.2. The number of carbonyl (C=O) groups is 1. The Labute approximate surface area is 162 Å². The molecule has 1 saturated carbocycles. The summed E-state index contributed by atoms with van der Waals surface area (Å²) in [5.41, 5.74) is 2.39. The molecule has 6 nitrogen and oxygen atoms in total. The van der Waals surface area contributed by atoms with E-state index in [1.54, 1.807) is 0 Å². The van der Waals surface area contributed by atoms with E-state index in [1.165, 1.54) is 0 Å². The van der Waals surface area contributed by atoms with Gasteiger partial charge in [0.15, 0.2) is 5.69 Å². The highest BCUT2D eigenvalue weighted by Gasteiger charge is 2.35. The van der Waals surface area contributed by atoms with Crippen molar-refractivity contribution < 1.29 is 4.79 Å². The van der Waals surface area contributed by atoms with Crippen molar-refractivity contribution in [3.63, 3.8) is 0 Å². The molecule has 2 aliphatic rings. The molecule has 0 atom stereocenters. The Hall–Kier alpha value is -1.73. The molecule has 138 valence electrons. The minimum atomic E-state index is -0.0785. The standard InChI is InChI=1S/C19H24BrN5O/c1-2-24-11-9-15(10-12-24)21-19(26)17-18(13-3-4-13)25(23-22-17)16-7-5-14(20)6-8-16/h5-8,13,15H,2-4,9-12H2,1H3,(H,21,26). The fourth-order valence-electron chi connectivity index (χ4n) is 3.59. The predicted molar refractivity (Wildman–Crippen MR) is 104 cm³/mol. The number of nitrogens with zero attached hydrogens (tertiary/aromatic N) is 4. The minimum absolute atomic E-state index is 0.0785. The number of nitrogens with one attached hydrogen (secondary N) is 1. The molecule has 4 rings (SSSR count). The van der Waals surface area contributed by atoms with Crippen molar-refractivity contribution >= 4 is 21.8 Å². The van der Waals surface area contributed by atoms with Gasteiger partial charge < -0.3 is 10.2 Å². The van der Waals surface area contributed by atoms with E-state index in [9.17, 15) is 4.79 Å². The maximum atomic E-state index is 12.9. The van der Waals surface area contributed by atoms with Gasteiger partial charge in [-0.05, 0) is 56.5 Å². The quantitative estimate of drug-likeness (QED) is 0.811. The number of rotatable bonds is 5. The number of likely N-dealkylation sites (tertiary alicyclic amines) is 1. The second-order valence-corrected chi connectivity index (χ2v) is 8.08. The molecule has 1 aliphatic carbocycles. The summed E-state index contributed by atoms with van der Waals surface area (Å²) in [6, 6.07) is 8.18. The van der Waals surface area contributed by atoms with Crippen molar-refractivity contribution in [2.24, 2.45) is 0 Å². The second-order valence-electron chi connectivity index (χ2n) is 7.17. The monoisotopic (exact) mass is 417 g/mol. The molecule has 1 N–H and O–H groups in total. The lowest BCUT2D eigenvalue weighted by molar-refractivity contribution is 0.0906. The highest BCUT2D eigenvalue weighted by atomic mass is 79.9. The Morgan fingerprint density at radius 3 is 2.50 bits per heavy atom. The zero-order valence-corrected chi connectivity index (χ0v) is 16.6. The maximum absolute atomic E-state index is 12.9. The summed E-state index contributed by atoms with van der Waals surface area (Å²) in [6.07, 6.45) is 4.19. The molecule has 2 aromatic rings. The van der Waals surface area contributed by atoms with Crippen molar-refractivity contribution in [2.75, 3.05) is 19.6 Å². The summed E-state index contributed by atoms with van der Waals surface area (Å²) < 4.78 is 2.85. The molecule has 2 heterocycles. The molecule has 2 fully saturated rings. The maximum Gasteiger partial charge on any atom is 0.274 e. The Morgan fingerprint density at radius 2 is 1.88 bits per heavy atom. The topological polar surface area (TPSA) is 63.1 Å². The number of amides is 1. The van der Waals surface area contributed by atoms with Crippen LogP contribution in [0.5, 0.6) is 0 Å². The van der Waals surface area contributed by atoms with Gasteiger partial charge in [0.1, 0.15) is 0 Å². The number of aromatic nitrogens is 3. The van der Waals surface area contributed by atoms with Crippen molar-refractivity contribution in [3.8, 4) is 5.69 Å². The third-order valence-corrected chi connectivity index (χ3v) is 5.85. The van der Waals surface area contributed by atoms with Crippen molar-refractivity contribution in [1.82, 2.24) is 25.2 Å². The van der Waals surface area contributed by atoms with Gasteiger partial charge in [0.2, 0.25) is 0 Å². The first-order valence-electron chi connectivity index (χ1n) is 9.40. The number of hydrogen-bond acceptors (Lipinski definition) is 4. The van der Waals surface area contributed by atoms with E-state index in [2.05, 4.69) is 43.4 Å². The minimum Gasteiger partial charge on any atom is -0.348 e. The Bertz CT molecular complexity index is 776. The van der Waals surface area contributed by atoms with Gasteiger partial charge in [-0.25, -0.2) is 4.68 Å². The molecular formula is C19H24BrN5O. The first-order chi connectivity index (χ1) is 12.7. The van der Waals surface area contributed by atoms with Crippen LogP contribution in [0.3, 0.4) is 0 Å². The van der Waals surface area contributed by atoms with Crippen LogP contribution in [0.25, 0.3) is 5.69 Å². The van der Waals surface area contributed by atoms with Crippen LogP contribution in [-0.2, 0) is 0 Å².